The summed E-state index contributed by atoms with van der Waals surface area (Å²) in [5, 5.41) is 6.00. The maximum Gasteiger partial charge on any atom is 0.234 e. The third-order valence-electron chi connectivity index (χ3n) is 3.38. The van der Waals surface area contributed by atoms with E-state index in [1.165, 1.54) is 0 Å². The SMILES string of the molecule is O=C(CNCc1ccc2c(c1)OCO2)NCc1ccccc1. The van der Waals surface area contributed by atoms with Crippen molar-refractivity contribution < 1.29 is 14.3 Å². The molecule has 2 aromatic carbocycles. The normalized spacial score (nSPS) is 12.2. The fourth-order valence-corrected chi connectivity index (χ4v) is 2.23. The smallest absolute Gasteiger partial charge is 0.234 e. The number of rotatable bonds is 6. The molecule has 0 fully saturated rings. The van der Waals surface area contributed by atoms with Crippen molar-refractivity contribution in [3.63, 3.8) is 0 Å². The molecule has 2 aromatic rings. The Balaban J connectivity index is 1.40. The number of carbonyl (C=O) groups excluding carboxylic acids is 1. The monoisotopic (exact) mass is 298 g/mol. The van der Waals surface area contributed by atoms with Gasteiger partial charge in [0.1, 0.15) is 0 Å². The Morgan fingerprint density at radius 2 is 1.77 bits per heavy atom. The zero-order chi connectivity index (χ0) is 15.2. The molecular formula is C17H18N2O3. The van der Waals surface area contributed by atoms with Gasteiger partial charge >= 0.3 is 0 Å². The molecule has 1 amide bonds. The van der Waals surface area contributed by atoms with Crippen LogP contribution < -0.4 is 20.1 Å². The highest BCUT2D eigenvalue weighted by atomic mass is 16.7. The third-order valence-corrected chi connectivity index (χ3v) is 3.38. The van der Waals surface area contributed by atoms with E-state index in [2.05, 4.69) is 10.6 Å². The van der Waals surface area contributed by atoms with Gasteiger partial charge in [0.05, 0.1) is 6.54 Å². The second-order valence-corrected chi connectivity index (χ2v) is 5.05. The van der Waals surface area contributed by atoms with Crippen LogP contribution in [0.3, 0.4) is 0 Å². The molecule has 0 spiro atoms. The van der Waals surface area contributed by atoms with Crippen LogP contribution in [0.4, 0.5) is 0 Å². The molecule has 0 saturated carbocycles. The summed E-state index contributed by atoms with van der Waals surface area (Å²) < 4.78 is 10.6. The molecule has 1 aliphatic heterocycles. The second-order valence-electron chi connectivity index (χ2n) is 5.05. The summed E-state index contributed by atoms with van der Waals surface area (Å²) in [6.45, 7) is 1.70. The minimum absolute atomic E-state index is 0.0235. The van der Waals surface area contributed by atoms with Gasteiger partial charge in [-0.3, -0.25) is 4.79 Å². The van der Waals surface area contributed by atoms with E-state index in [1.54, 1.807) is 0 Å². The zero-order valence-corrected chi connectivity index (χ0v) is 12.2. The minimum atomic E-state index is -0.0235. The molecule has 0 aromatic heterocycles. The van der Waals surface area contributed by atoms with Gasteiger partial charge in [-0.2, -0.15) is 0 Å². The van der Waals surface area contributed by atoms with Crippen LogP contribution in [0.15, 0.2) is 48.5 Å². The molecule has 22 heavy (non-hydrogen) atoms. The van der Waals surface area contributed by atoms with E-state index < -0.39 is 0 Å². The first-order valence-electron chi connectivity index (χ1n) is 7.21. The number of hydrogen-bond donors (Lipinski definition) is 2. The largest absolute Gasteiger partial charge is 0.454 e. The van der Waals surface area contributed by atoms with E-state index in [4.69, 9.17) is 9.47 Å². The maximum atomic E-state index is 11.8. The average molecular weight is 298 g/mol. The van der Waals surface area contributed by atoms with Crippen molar-refractivity contribution in [3.05, 3.63) is 59.7 Å². The van der Waals surface area contributed by atoms with E-state index in [0.29, 0.717) is 13.1 Å². The van der Waals surface area contributed by atoms with Crippen molar-refractivity contribution in [2.24, 2.45) is 0 Å². The molecular weight excluding hydrogens is 280 g/mol. The lowest BCUT2D eigenvalue weighted by molar-refractivity contribution is -0.120. The predicted molar refractivity (Wildman–Crippen MR) is 82.6 cm³/mol. The van der Waals surface area contributed by atoms with Crippen LogP contribution in [0.5, 0.6) is 11.5 Å². The molecule has 0 atom stereocenters. The highest BCUT2D eigenvalue weighted by Crippen LogP contribution is 2.32. The Kier molecular flexibility index (Phi) is 4.56. The first-order valence-corrected chi connectivity index (χ1v) is 7.21. The number of hydrogen-bond acceptors (Lipinski definition) is 4. The van der Waals surface area contributed by atoms with Crippen molar-refractivity contribution in [1.29, 1.82) is 0 Å². The number of nitrogens with one attached hydrogen (secondary N) is 2. The topological polar surface area (TPSA) is 59.6 Å². The Morgan fingerprint density at radius 1 is 0.955 bits per heavy atom. The van der Waals surface area contributed by atoms with E-state index in [0.717, 1.165) is 22.6 Å². The van der Waals surface area contributed by atoms with Crippen molar-refractivity contribution >= 4 is 5.91 Å². The summed E-state index contributed by atoms with van der Waals surface area (Å²) >= 11 is 0. The number of ether oxygens (including phenoxy) is 2. The molecule has 0 radical (unpaired) electrons. The number of amides is 1. The summed E-state index contributed by atoms with van der Waals surface area (Å²) in [4.78, 5) is 11.8. The summed E-state index contributed by atoms with van der Waals surface area (Å²) in [5.74, 6) is 1.50. The first kappa shape index (κ1) is 14.4. The van der Waals surface area contributed by atoms with Gasteiger partial charge in [0.25, 0.3) is 0 Å². The fourth-order valence-electron chi connectivity index (χ4n) is 2.23. The van der Waals surface area contributed by atoms with E-state index in [9.17, 15) is 4.79 Å². The molecule has 0 aliphatic carbocycles. The van der Waals surface area contributed by atoms with Gasteiger partial charge in [-0.05, 0) is 23.3 Å². The van der Waals surface area contributed by atoms with Crippen LogP contribution >= 0.6 is 0 Å². The quantitative estimate of drug-likeness (QED) is 0.854. The van der Waals surface area contributed by atoms with Crippen LogP contribution in [0.25, 0.3) is 0 Å². The molecule has 114 valence electrons. The lowest BCUT2D eigenvalue weighted by Gasteiger charge is -2.07. The van der Waals surface area contributed by atoms with Crippen LogP contribution in [0.1, 0.15) is 11.1 Å². The van der Waals surface area contributed by atoms with Gasteiger partial charge in [-0.15, -0.1) is 0 Å². The molecule has 5 nitrogen and oxygen atoms in total. The van der Waals surface area contributed by atoms with Gasteiger partial charge in [0, 0.05) is 13.1 Å². The number of fused-ring (bicyclic) bond motifs is 1. The molecule has 1 aliphatic rings. The minimum Gasteiger partial charge on any atom is -0.454 e. The molecule has 3 rings (SSSR count). The highest BCUT2D eigenvalue weighted by molar-refractivity contribution is 5.77. The Hall–Kier alpha value is -2.53. The Labute approximate surface area is 129 Å². The lowest BCUT2D eigenvalue weighted by Crippen LogP contribution is -2.33. The average Bonchev–Trinajstić information content (AvgIpc) is 3.02. The van der Waals surface area contributed by atoms with E-state index in [1.807, 2.05) is 48.5 Å². The third kappa shape index (κ3) is 3.77. The Morgan fingerprint density at radius 3 is 2.64 bits per heavy atom. The van der Waals surface area contributed by atoms with Crippen molar-refractivity contribution in [3.8, 4) is 11.5 Å². The first-order chi connectivity index (χ1) is 10.8. The summed E-state index contributed by atoms with van der Waals surface area (Å²) in [7, 11) is 0. The van der Waals surface area contributed by atoms with Crippen LogP contribution in [-0.2, 0) is 17.9 Å². The summed E-state index contributed by atoms with van der Waals surface area (Å²) in [6.07, 6.45) is 0. The second kappa shape index (κ2) is 6.95. The van der Waals surface area contributed by atoms with Gasteiger partial charge in [-0.1, -0.05) is 36.4 Å². The summed E-state index contributed by atoms with van der Waals surface area (Å²) in [5.41, 5.74) is 2.15. The molecule has 1 heterocycles. The van der Waals surface area contributed by atoms with Gasteiger partial charge < -0.3 is 20.1 Å². The predicted octanol–water partition coefficient (Wildman–Crippen LogP) is 1.82. The Bertz CT molecular complexity index is 644. The van der Waals surface area contributed by atoms with Gasteiger partial charge in [0.2, 0.25) is 12.7 Å². The zero-order valence-electron chi connectivity index (χ0n) is 12.2. The summed E-state index contributed by atoms with van der Waals surface area (Å²) in [6, 6.07) is 15.6. The standard InChI is InChI=1S/C17H18N2O3/c20-17(19-10-13-4-2-1-3-5-13)11-18-9-14-6-7-15-16(8-14)22-12-21-15/h1-8,18H,9-12H2,(H,19,20). The number of carbonyl (C=O) groups is 1. The van der Waals surface area contributed by atoms with Crippen LogP contribution in [0, 0.1) is 0 Å². The van der Waals surface area contributed by atoms with Crippen molar-refractivity contribution in [2.45, 2.75) is 13.1 Å². The molecule has 0 unspecified atom stereocenters. The van der Waals surface area contributed by atoms with E-state index >= 15 is 0 Å². The molecule has 5 heteroatoms. The van der Waals surface area contributed by atoms with Crippen LogP contribution in [0.2, 0.25) is 0 Å². The van der Waals surface area contributed by atoms with E-state index in [-0.39, 0.29) is 19.2 Å². The van der Waals surface area contributed by atoms with Crippen LogP contribution in [-0.4, -0.2) is 19.2 Å². The fraction of sp³-hybridized carbons (Fsp3) is 0.235. The number of benzene rings is 2. The van der Waals surface area contributed by atoms with Gasteiger partial charge in [-0.25, -0.2) is 0 Å². The molecule has 0 bridgehead atoms. The maximum absolute atomic E-state index is 11.8. The van der Waals surface area contributed by atoms with Crippen molar-refractivity contribution in [2.75, 3.05) is 13.3 Å². The van der Waals surface area contributed by atoms with Crippen molar-refractivity contribution in [1.82, 2.24) is 10.6 Å². The molecule has 2 N–H and O–H groups in total. The molecule has 0 saturated heterocycles. The lowest BCUT2D eigenvalue weighted by atomic mass is 10.2. The van der Waals surface area contributed by atoms with Gasteiger partial charge in [0.15, 0.2) is 11.5 Å². The highest BCUT2D eigenvalue weighted by Gasteiger charge is 2.12.